The fraction of sp³-hybridized carbons (Fsp3) is 0.733. The van der Waals surface area contributed by atoms with Gasteiger partial charge >= 0.3 is 5.97 Å². The Bertz CT molecular complexity index is 423. The molecular formula is C15H23NO3. The van der Waals surface area contributed by atoms with E-state index in [0.717, 1.165) is 0 Å². The van der Waals surface area contributed by atoms with Crippen molar-refractivity contribution in [1.82, 2.24) is 5.32 Å². The van der Waals surface area contributed by atoms with Crippen LogP contribution in [-0.2, 0) is 9.59 Å². The first-order chi connectivity index (χ1) is 8.69. The van der Waals surface area contributed by atoms with Crippen LogP contribution in [0.15, 0.2) is 12.2 Å². The van der Waals surface area contributed by atoms with Gasteiger partial charge in [0, 0.05) is 6.04 Å². The number of aliphatic carboxylic acids is 1. The Kier molecular flexibility index (Phi) is 3.23. The predicted molar refractivity (Wildman–Crippen MR) is 72.5 cm³/mol. The molecule has 0 aromatic carbocycles. The zero-order valence-corrected chi connectivity index (χ0v) is 12.1. The molecule has 2 rings (SSSR count). The topological polar surface area (TPSA) is 66.4 Å². The molecule has 1 fully saturated rings. The number of carbonyl (C=O) groups excluding carboxylic acids is 1. The number of amides is 1. The molecule has 0 heterocycles. The van der Waals surface area contributed by atoms with Crippen LogP contribution in [0.5, 0.6) is 0 Å². The van der Waals surface area contributed by atoms with Crippen LogP contribution >= 0.6 is 0 Å². The summed E-state index contributed by atoms with van der Waals surface area (Å²) in [6.45, 7) is 8.53. The van der Waals surface area contributed by atoms with Crippen molar-refractivity contribution in [2.24, 2.45) is 22.7 Å². The maximum absolute atomic E-state index is 12.3. The molecule has 0 aromatic rings. The van der Waals surface area contributed by atoms with Crippen LogP contribution in [0.1, 0.15) is 40.5 Å². The Hall–Kier alpha value is -1.32. The monoisotopic (exact) mass is 265 g/mol. The third-order valence-electron chi connectivity index (χ3n) is 5.39. The maximum Gasteiger partial charge on any atom is 0.307 e. The molecule has 2 atom stereocenters. The van der Waals surface area contributed by atoms with Crippen LogP contribution in [0.3, 0.4) is 0 Å². The summed E-state index contributed by atoms with van der Waals surface area (Å²) >= 11 is 0. The van der Waals surface area contributed by atoms with Crippen LogP contribution in [0.4, 0.5) is 0 Å². The highest BCUT2D eigenvalue weighted by Crippen LogP contribution is 2.62. The Morgan fingerprint density at radius 1 is 1.05 bits per heavy atom. The average Bonchev–Trinajstić information content (AvgIpc) is 2.71. The second kappa shape index (κ2) is 4.36. The molecule has 4 heteroatoms. The van der Waals surface area contributed by atoms with Gasteiger partial charge in [0.2, 0.25) is 5.91 Å². The number of nitrogens with one attached hydrogen (secondary N) is 1. The van der Waals surface area contributed by atoms with Crippen LogP contribution in [0.2, 0.25) is 0 Å². The van der Waals surface area contributed by atoms with Crippen molar-refractivity contribution in [1.29, 1.82) is 0 Å². The molecule has 2 N–H and O–H groups in total. The summed E-state index contributed by atoms with van der Waals surface area (Å²) in [5, 5.41) is 12.3. The predicted octanol–water partition coefficient (Wildman–Crippen LogP) is 2.20. The first-order valence-electron chi connectivity index (χ1n) is 6.87. The Labute approximate surface area is 114 Å². The van der Waals surface area contributed by atoms with Gasteiger partial charge in [-0.25, -0.2) is 0 Å². The lowest BCUT2D eigenvalue weighted by Crippen LogP contribution is -2.41. The van der Waals surface area contributed by atoms with Crippen LogP contribution < -0.4 is 5.32 Å². The van der Waals surface area contributed by atoms with Crippen molar-refractivity contribution in [2.45, 2.75) is 46.6 Å². The van der Waals surface area contributed by atoms with Gasteiger partial charge < -0.3 is 10.4 Å². The molecule has 1 amide bonds. The van der Waals surface area contributed by atoms with E-state index in [1.54, 1.807) is 0 Å². The van der Waals surface area contributed by atoms with Crippen LogP contribution in [0, 0.1) is 22.7 Å². The van der Waals surface area contributed by atoms with Crippen molar-refractivity contribution in [2.75, 3.05) is 0 Å². The smallest absolute Gasteiger partial charge is 0.307 e. The van der Waals surface area contributed by atoms with Gasteiger partial charge in [0.1, 0.15) is 0 Å². The van der Waals surface area contributed by atoms with E-state index >= 15 is 0 Å². The van der Waals surface area contributed by atoms with Crippen molar-refractivity contribution >= 4 is 11.9 Å². The second-order valence-corrected chi connectivity index (χ2v) is 6.88. The van der Waals surface area contributed by atoms with Gasteiger partial charge in [-0.05, 0) is 23.7 Å². The minimum absolute atomic E-state index is 0.0753. The summed E-state index contributed by atoms with van der Waals surface area (Å²) in [6.07, 6.45) is 4.74. The first kappa shape index (κ1) is 14.1. The molecular weight excluding hydrogens is 242 g/mol. The SMILES string of the molecule is CC1(C)C(NC(=O)[C@@H]2CC=CC[C@@H]2C(=O)O)C1(C)C. The van der Waals surface area contributed by atoms with E-state index in [4.69, 9.17) is 0 Å². The maximum atomic E-state index is 12.3. The number of rotatable bonds is 3. The molecule has 0 aromatic heterocycles. The number of carboxylic acids is 1. The number of hydrogen-bond donors (Lipinski definition) is 2. The van der Waals surface area contributed by atoms with E-state index in [1.807, 2.05) is 12.2 Å². The van der Waals surface area contributed by atoms with Crippen LogP contribution in [-0.4, -0.2) is 23.0 Å². The molecule has 2 aliphatic rings. The van der Waals surface area contributed by atoms with Gasteiger partial charge in [-0.15, -0.1) is 0 Å². The summed E-state index contributed by atoms with van der Waals surface area (Å²) < 4.78 is 0. The zero-order chi connectivity index (χ0) is 14.4. The van der Waals surface area contributed by atoms with Gasteiger partial charge in [-0.3, -0.25) is 9.59 Å². The van der Waals surface area contributed by atoms with E-state index in [0.29, 0.717) is 12.8 Å². The number of carboxylic acid groups (broad SMARTS) is 1. The first-order valence-corrected chi connectivity index (χ1v) is 6.87. The molecule has 4 nitrogen and oxygen atoms in total. The highest BCUT2D eigenvalue weighted by Gasteiger charge is 2.65. The lowest BCUT2D eigenvalue weighted by atomic mass is 9.82. The fourth-order valence-corrected chi connectivity index (χ4v) is 3.18. The van der Waals surface area contributed by atoms with E-state index < -0.39 is 17.8 Å². The molecule has 0 unspecified atom stereocenters. The number of hydrogen-bond acceptors (Lipinski definition) is 2. The van der Waals surface area contributed by atoms with Crippen molar-refractivity contribution in [3.63, 3.8) is 0 Å². The molecule has 106 valence electrons. The average molecular weight is 265 g/mol. The van der Waals surface area contributed by atoms with Gasteiger partial charge in [0.15, 0.2) is 0 Å². The molecule has 1 saturated carbocycles. The standard InChI is InChI=1S/C15H23NO3/c1-14(2)13(15(14,3)4)16-11(17)9-7-5-6-8-10(9)12(18)19/h5-6,9-10,13H,7-8H2,1-4H3,(H,16,17)(H,18,19)/t9-,10+/m1/s1. The number of carbonyl (C=O) groups is 2. The van der Waals surface area contributed by atoms with Gasteiger partial charge in [-0.1, -0.05) is 39.8 Å². The van der Waals surface area contributed by atoms with E-state index in [-0.39, 0.29) is 22.8 Å². The largest absolute Gasteiger partial charge is 0.481 e. The summed E-state index contributed by atoms with van der Waals surface area (Å²) in [6, 6.07) is 0.132. The Morgan fingerprint density at radius 2 is 1.53 bits per heavy atom. The van der Waals surface area contributed by atoms with E-state index in [1.165, 1.54) is 0 Å². The van der Waals surface area contributed by atoms with Gasteiger partial charge in [0.05, 0.1) is 11.8 Å². The van der Waals surface area contributed by atoms with Gasteiger partial charge in [-0.2, -0.15) is 0 Å². The molecule has 0 radical (unpaired) electrons. The summed E-state index contributed by atoms with van der Waals surface area (Å²) in [4.78, 5) is 23.5. The van der Waals surface area contributed by atoms with Crippen LogP contribution in [0.25, 0.3) is 0 Å². The van der Waals surface area contributed by atoms with Crippen molar-refractivity contribution in [3.8, 4) is 0 Å². The van der Waals surface area contributed by atoms with E-state index in [2.05, 4.69) is 33.0 Å². The normalized spacial score (nSPS) is 31.8. The molecule has 0 aliphatic heterocycles. The molecule has 19 heavy (non-hydrogen) atoms. The minimum Gasteiger partial charge on any atom is -0.481 e. The molecule has 0 bridgehead atoms. The fourth-order valence-electron chi connectivity index (χ4n) is 3.18. The molecule has 2 aliphatic carbocycles. The lowest BCUT2D eigenvalue weighted by Gasteiger charge is -2.24. The second-order valence-electron chi connectivity index (χ2n) is 6.88. The summed E-state index contributed by atoms with van der Waals surface area (Å²) in [5.41, 5.74) is 0.151. The molecule has 0 spiro atoms. The summed E-state index contributed by atoms with van der Waals surface area (Å²) in [5.74, 6) is -2.01. The quantitative estimate of drug-likeness (QED) is 0.769. The van der Waals surface area contributed by atoms with Crippen molar-refractivity contribution < 1.29 is 14.7 Å². The molecule has 0 saturated heterocycles. The summed E-state index contributed by atoms with van der Waals surface area (Å²) in [7, 11) is 0. The minimum atomic E-state index is -0.876. The van der Waals surface area contributed by atoms with Gasteiger partial charge in [0.25, 0.3) is 0 Å². The van der Waals surface area contributed by atoms with E-state index in [9.17, 15) is 14.7 Å². The third-order valence-corrected chi connectivity index (χ3v) is 5.39. The third kappa shape index (κ3) is 2.17. The highest BCUT2D eigenvalue weighted by atomic mass is 16.4. The Morgan fingerprint density at radius 3 is 1.95 bits per heavy atom. The number of allylic oxidation sites excluding steroid dienone is 2. The zero-order valence-electron chi connectivity index (χ0n) is 12.1. The Balaban J connectivity index is 2.05. The lowest BCUT2D eigenvalue weighted by molar-refractivity contribution is -0.147. The highest BCUT2D eigenvalue weighted by molar-refractivity contribution is 5.86. The van der Waals surface area contributed by atoms with Crippen molar-refractivity contribution in [3.05, 3.63) is 12.2 Å².